The van der Waals surface area contributed by atoms with Crippen LogP contribution >= 0.6 is 0 Å². The zero-order valence-electron chi connectivity index (χ0n) is 15.2. The Morgan fingerprint density at radius 1 is 1.14 bits per heavy atom. The van der Waals surface area contributed by atoms with Gasteiger partial charge in [0.1, 0.15) is 16.9 Å². The van der Waals surface area contributed by atoms with Crippen LogP contribution in [0.25, 0.3) is 11.0 Å². The molecule has 142 valence electrons. The van der Waals surface area contributed by atoms with Crippen molar-refractivity contribution in [1.29, 1.82) is 0 Å². The van der Waals surface area contributed by atoms with Crippen molar-refractivity contribution in [3.05, 3.63) is 64.5 Å². The van der Waals surface area contributed by atoms with Gasteiger partial charge >= 0.3 is 5.63 Å². The lowest BCUT2D eigenvalue weighted by Gasteiger charge is -2.20. The van der Waals surface area contributed by atoms with E-state index in [1.165, 1.54) is 13.2 Å². The molecule has 0 bridgehead atoms. The van der Waals surface area contributed by atoms with Crippen LogP contribution in [0.1, 0.15) is 23.2 Å². The predicted octanol–water partition coefficient (Wildman–Crippen LogP) is 3.18. The molecule has 0 radical (unpaired) electrons. The van der Waals surface area contributed by atoms with E-state index in [4.69, 9.17) is 9.15 Å². The van der Waals surface area contributed by atoms with Crippen LogP contribution in [0, 0.1) is 0 Å². The largest absolute Gasteiger partial charge is 0.495 e. The van der Waals surface area contributed by atoms with Gasteiger partial charge in [0, 0.05) is 24.0 Å². The van der Waals surface area contributed by atoms with Gasteiger partial charge in [-0.15, -0.1) is 0 Å². The highest BCUT2D eigenvalue weighted by atomic mass is 16.5. The van der Waals surface area contributed by atoms with Crippen molar-refractivity contribution in [3.8, 4) is 5.75 Å². The van der Waals surface area contributed by atoms with Gasteiger partial charge < -0.3 is 19.4 Å². The quantitative estimate of drug-likeness (QED) is 0.705. The van der Waals surface area contributed by atoms with Gasteiger partial charge in [-0.1, -0.05) is 18.2 Å². The maximum atomic E-state index is 12.6. The fourth-order valence-electron chi connectivity index (χ4n) is 3.30. The molecule has 0 aliphatic carbocycles. The number of carbonyl (C=O) groups is 2. The summed E-state index contributed by atoms with van der Waals surface area (Å²) in [6.45, 7) is 0.598. The molecule has 1 fully saturated rings. The molecular weight excluding hydrogens is 360 g/mol. The van der Waals surface area contributed by atoms with Crippen LogP contribution in [-0.2, 0) is 4.79 Å². The highest BCUT2D eigenvalue weighted by molar-refractivity contribution is 6.06. The SMILES string of the molecule is COc1ccc(NC(=O)c2cc3ccccc3oc2=O)cc1N1CCCC1=O. The van der Waals surface area contributed by atoms with Crippen molar-refractivity contribution in [3.63, 3.8) is 0 Å². The monoisotopic (exact) mass is 378 g/mol. The molecule has 2 aromatic carbocycles. The summed E-state index contributed by atoms with van der Waals surface area (Å²) in [5.74, 6) is -0.0289. The first kappa shape index (κ1) is 17.8. The molecule has 0 spiro atoms. The third kappa shape index (κ3) is 3.22. The zero-order valence-corrected chi connectivity index (χ0v) is 15.2. The number of nitrogens with one attached hydrogen (secondary N) is 1. The van der Waals surface area contributed by atoms with E-state index in [9.17, 15) is 14.4 Å². The van der Waals surface area contributed by atoms with Crippen LogP contribution in [0.3, 0.4) is 0 Å². The minimum atomic E-state index is -0.709. The molecule has 28 heavy (non-hydrogen) atoms. The molecule has 1 aromatic heterocycles. The Kier molecular flexibility index (Phi) is 4.57. The number of methoxy groups -OCH3 is 1. The van der Waals surface area contributed by atoms with Gasteiger partial charge in [-0.2, -0.15) is 0 Å². The van der Waals surface area contributed by atoms with Crippen molar-refractivity contribution in [1.82, 2.24) is 0 Å². The van der Waals surface area contributed by atoms with Crippen molar-refractivity contribution >= 4 is 34.2 Å². The number of anilines is 2. The first-order valence-electron chi connectivity index (χ1n) is 8.89. The zero-order chi connectivity index (χ0) is 19.7. The number of nitrogens with zero attached hydrogens (tertiary/aromatic N) is 1. The Labute approximate surface area is 160 Å². The van der Waals surface area contributed by atoms with Crippen LogP contribution < -0.4 is 20.6 Å². The van der Waals surface area contributed by atoms with E-state index in [0.717, 1.165) is 6.42 Å². The second-order valence-electron chi connectivity index (χ2n) is 6.48. The number of benzene rings is 2. The Bertz CT molecular complexity index is 1140. The third-order valence-electron chi connectivity index (χ3n) is 4.69. The van der Waals surface area contributed by atoms with Crippen molar-refractivity contribution < 1.29 is 18.7 Å². The maximum absolute atomic E-state index is 12.6. The molecule has 0 unspecified atom stereocenters. The molecule has 4 rings (SSSR count). The summed E-state index contributed by atoms with van der Waals surface area (Å²) in [6, 6.07) is 13.5. The van der Waals surface area contributed by atoms with Gasteiger partial charge in [0.2, 0.25) is 5.91 Å². The average Bonchev–Trinajstić information content (AvgIpc) is 3.13. The Balaban J connectivity index is 1.66. The highest BCUT2D eigenvalue weighted by Gasteiger charge is 2.25. The van der Waals surface area contributed by atoms with Crippen molar-refractivity contribution in [2.45, 2.75) is 12.8 Å². The van der Waals surface area contributed by atoms with Gasteiger partial charge in [0.05, 0.1) is 12.8 Å². The van der Waals surface area contributed by atoms with E-state index in [-0.39, 0.29) is 11.5 Å². The van der Waals surface area contributed by atoms with Gasteiger partial charge in [-0.3, -0.25) is 9.59 Å². The number of ether oxygens (including phenoxy) is 1. The molecule has 7 nitrogen and oxygen atoms in total. The summed E-state index contributed by atoms with van der Waals surface area (Å²) < 4.78 is 10.6. The first-order valence-corrected chi connectivity index (χ1v) is 8.89. The lowest BCUT2D eigenvalue weighted by molar-refractivity contribution is -0.117. The lowest BCUT2D eigenvalue weighted by atomic mass is 10.1. The molecule has 1 saturated heterocycles. The molecule has 1 aliphatic rings. The van der Waals surface area contributed by atoms with Crippen LogP contribution in [0.4, 0.5) is 11.4 Å². The summed E-state index contributed by atoms with van der Waals surface area (Å²) in [5, 5.41) is 3.36. The number of carbonyl (C=O) groups excluding carboxylic acids is 2. The van der Waals surface area contributed by atoms with Crippen LogP contribution in [0.5, 0.6) is 5.75 Å². The van der Waals surface area contributed by atoms with E-state index in [2.05, 4.69) is 5.32 Å². The number of fused-ring (bicyclic) bond motifs is 1. The highest BCUT2D eigenvalue weighted by Crippen LogP contribution is 2.34. The summed E-state index contributed by atoms with van der Waals surface area (Å²) in [4.78, 5) is 38.6. The minimum Gasteiger partial charge on any atom is -0.495 e. The molecule has 0 saturated carbocycles. The molecule has 1 aliphatic heterocycles. The van der Waals surface area contributed by atoms with Crippen LogP contribution in [0.2, 0.25) is 0 Å². The normalized spacial score (nSPS) is 13.8. The first-order chi connectivity index (χ1) is 13.6. The minimum absolute atomic E-state index is 0.0111. The molecule has 2 heterocycles. The van der Waals surface area contributed by atoms with E-state index < -0.39 is 11.5 Å². The maximum Gasteiger partial charge on any atom is 0.349 e. The second-order valence-corrected chi connectivity index (χ2v) is 6.48. The van der Waals surface area contributed by atoms with Crippen LogP contribution in [-0.4, -0.2) is 25.5 Å². The summed E-state index contributed by atoms with van der Waals surface area (Å²) in [7, 11) is 1.53. The third-order valence-corrected chi connectivity index (χ3v) is 4.69. The number of hydrogen-bond donors (Lipinski definition) is 1. The molecular formula is C21H18N2O5. The number of para-hydroxylation sites is 1. The Morgan fingerprint density at radius 2 is 1.96 bits per heavy atom. The molecule has 2 amide bonds. The van der Waals surface area contributed by atoms with Gasteiger partial charge in [0.25, 0.3) is 5.91 Å². The second kappa shape index (κ2) is 7.19. The number of amides is 2. The summed E-state index contributed by atoms with van der Waals surface area (Å²) in [5.41, 5.74) is 0.665. The van der Waals surface area contributed by atoms with Crippen LogP contribution in [0.15, 0.2) is 57.7 Å². The Hall–Kier alpha value is -3.61. The smallest absolute Gasteiger partial charge is 0.349 e. The van der Waals surface area contributed by atoms with Crippen molar-refractivity contribution in [2.75, 3.05) is 23.9 Å². The van der Waals surface area contributed by atoms with Gasteiger partial charge in [0.15, 0.2) is 0 Å². The summed E-state index contributed by atoms with van der Waals surface area (Å²) >= 11 is 0. The predicted molar refractivity (Wildman–Crippen MR) is 105 cm³/mol. The molecule has 7 heteroatoms. The standard InChI is InChI=1S/C21H18N2O5/c1-27-18-9-8-14(12-16(18)23-10-4-7-19(23)24)22-20(25)15-11-13-5-2-3-6-17(13)28-21(15)26/h2-3,5-6,8-9,11-12H,4,7,10H2,1H3,(H,22,25). The van der Waals surface area contributed by atoms with E-state index in [1.54, 1.807) is 47.4 Å². The summed E-state index contributed by atoms with van der Waals surface area (Å²) in [6.07, 6.45) is 1.26. The molecule has 0 atom stereocenters. The fourth-order valence-corrected chi connectivity index (χ4v) is 3.30. The van der Waals surface area contributed by atoms with Gasteiger partial charge in [-0.05, 0) is 36.8 Å². The lowest BCUT2D eigenvalue weighted by Crippen LogP contribution is -2.25. The van der Waals surface area contributed by atoms with E-state index >= 15 is 0 Å². The average molecular weight is 378 g/mol. The fraction of sp³-hybridized carbons (Fsp3) is 0.190. The topological polar surface area (TPSA) is 88.8 Å². The molecule has 1 N–H and O–H groups in total. The Morgan fingerprint density at radius 3 is 2.71 bits per heavy atom. The van der Waals surface area contributed by atoms with Gasteiger partial charge in [-0.25, -0.2) is 4.79 Å². The van der Waals surface area contributed by atoms with E-state index in [1.807, 2.05) is 0 Å². The van der Waals surface area contributed by atoms with Crippen molar-refractivity contribution in [2.24, 2.45) is 0 Å². The van der Waals surface area contributed by atoms with E-state index in [0.29, 0.717) is 41.1 Å². The number of rotatable bonds is 4. The molecule has 3 aromatic rings. The number of hydrogen-bond acceptors (Lipinski definition) is 5.